The van der Waals surface area contributed by atoms with Gasteiger partial charge in [-0.1, -0.05) is 56.3 Å². The molecule has 1 heterocycles. The van der Waals surface area contributed by atoms with Crippen LogP contribution in [0, 0.1) is 0 Å². The van der Waals surface area contributed by atoms with Crippen molar-refractivity contribution in [1.82, 2.24) is 0 Å². The van der Waals surface area contributed by atoms with Gasteiger partial charge in [-0.25, -0.2) is 0 Å². The lowest BCUT2D eigenvalue weighted by atomic mass is 10.0. The molecule has 0 N–H and O–H groups in total. The third kappa shape index (κ3) is 3.86. The lowest BCUT2D eigenvalue weighted by Crippen LogP contribution is -2.07. The minimum atomic E-state index is 0.886. The van der Waals surface area contributed by atoms with E-state index in [1.807, 2.05) is 12.1 Å². The summed E-state index contributed by atoms with van der Waals surface area (Å²) in [6, 6.07) is 16.9. The van der Waals surface area contributed by atoms with Crippen LogP contribution in [0.1, 0.15) is 37.0 Å². The van der Waals surface area contributed by atoms with Crippen LogP contribution in [0.15, 0.2) is 48.5 Å². The standard InChI is InChI=1S/C10H14.C9H10O/c1-3-9-7-5-6-8-10(9)4-2;1-2-6-9-8(4-1)5-3-7-10-9/h5-8H,3-4H2,1-2H3;1-2,4,6H,3,5,7H2. The van der Waals surface area contributed by atoms with Gasteiger partial charge < -0.3 is 4.74 Å². The molecule has 1 aliphatic heterocycles. The topological polar surface area (TPSA) is 9.23 Å². The average molecular weight is 268 g/mol. The van der Waals surface area contributed by atoms with Crippen LogP contribution in [0.5, 0.6) is 5.75 Å². The van der Waals surface area contributed by atoms with E-state index in [0.29, 0.717) is 0 Å². The first-order valence-electron chi connectivity index (χ1n) is 7.62. The Morgan fingerprint density at radius 3 is 2.05 bits per heavy atom. The highest BCUT2D eigenvalue weighted by Crippen LogP contribution is 2.23. The molecule has 0 bridgehead atoms. The molecule has 0 unspecified atom stereocenters. The zero-order valence-electron chi connectivity index (χ0n) is 12.6. The van der Waals surface area contributed by atoms with Gasteiger partial charge in [0.05, 0.1) is 6.61 Å². The lowest BCUT2D eigenvalue weighted by molar-refractivity contribution is 0.288. The minimum absolute atomic E-state index is 0.886. The third-order valence-electron chi connectivity index (χ3n) is 3.70. The minimum Gasteiger partial charge on any atom is -0.493 e. The summed E-state index contributed by atoms with van der Waals surface area (Å²) in [6.07, 6.45) is 4.65. The molecule has 0 aromatic heterocycles. The number of para-hydroxylation sites is 1. The van der Waals surface area contributed by atoms with Gasteiger partial charge in [-0.05, 0) is 48.4 Å². The summed E-state index contributed by atoms with van der Waals surface area (Å²) in [7, 11) is 0. The van der Waals surface area contributed by atoms with Crippen molar-refractivity contribution in [3.8, 4) is 5.75 Å². The Labute approximate surface area is 122 Å². The first kappa shape index (κ1) is 14.6. The van der Waals surface area contributed by atoms with Crippen LogP contribution >= 0.6 is 0 Å². The van der Waals surface area contributed by atoms with E-state index < -0.39 is 0 Å². The maximum atomic E-state index is 5.42. The Morgan fingerprint density at radius 2 is 1.45 bits per heavy atom. The quantitative estimate of drug-likeness (QED) is 0.758. The Hall–Kier alpha value is -1.76. The fraction of sp³-hybridized carbons (Fsp3) is 0.368. The fourth-order valence-corrected chi connectivity index (χ4v) is 2.54. The summed E-state index contributed by atoms with van der Waals surface area (Å²) in [5, 5.41) is 0. The lowest BCUT2D eigenvalue weighted by Gasteiger charge is -2.15. The molecule has 106 valence electrons. The Bertz CT molecular complexity index is 451. The van der Waals surface area contributed by atoms with Crippen molar-refractivity contribution in [2.24, 2.45) is 0 Å². The molecule has 0 saturated heterocycles. The van der Waals surface area contributed by atoms with Crippen molar-refractivity contribution in [2.45, 2.75) is 39.5 Å². The monoisotopic (exact) mass is 268 g/mol. The van der Waals surface area contributed by atoms with Gasteiger partial charge in [-0.2, -0.15) is 0 Å². The van der Waals surface area contributed by atoms with Crippen LogP contribution < -0.4 is 4.74 Å². The van der Waals surface area contributed by atoms with Crippen molar-refractivity contribution in [1.29, 1.82) is 0 Å². The van der Waals surface area contributed by atoms with Crippen LogP contribution in [0.2, 0.25) is 0 Å². The summed E-state index contributed by atoms with van der Waals surface area (Å²) in [5.74, 6) is 1.08. The molecule has 1 aliphatic rings. The van der Waals surface area contributed by atoms with Gasteiger partial charge in [0.2, 0.25) is 0 Å². The SMILES string of the molecule is CCc1ccccc1CC.c1ccc2c(c1)CCCO2. The van der Waals surface area contributed by atoms with E-state index in [0.717, 1.165) is 31.6 Å². The molecule has 0 spiro atoms. The van der Waals surface area contributed by atoms with Crippen molar-refractivity contribution in [3.63, 3.8) is 0 Å². The molecule has 3 rings (SSSR count). The van der Waals surface area contributed by atoms with Gasteiger partial charge in [0.15, 0.2) is 0 Å². The fourth-order valence-electron chi connectivity index (χ4n) is 2.54. The van der Waals surface area contributed by atoms with Gasteiger partial charge in [-0.15, -0.1) is 0 Å². The van der Waals surface area contributed by atoms with E-state index in [4.69, 9.17) is 4.74 Å². The summed E-state index contributed by atoms with van der Waals surface area (Å²) < 4.78 is 5.42. The van der Waals surface area contributed by atoms with E-state index in [-0.39, 0.29) is 0 Å². The largest absolute Gasteiger partial charge is 0.493 e. The van der Waals surface area contributed by atoms with Crippen molar-refractivity contribution >= 4 is 0 Å². The number of ether oxygens (including phenoxy) is 1. The summed E-state index contributed by atoms with van der Waals surface area (Å²) >= 11 is 0. The average Bonchev–Trinajstić information content (AvgIpc) is 2.55. The maximum Gasteiger partial charge on any atom is 0.122 e. The molecule has 2 aromatic rings. The molecule has 0 radical (unpaired) electrons. The molecule has 0 saturated carbocycles. The predicted molar refractivity (Wildman–Crippen MR) is 85.5 cm³/mol. The summed E-state index contributed by atoms with van der Waals surface area (Å²) in [4.78, 5) is 0. The number of hydrogen-bond acceptors (Lipinski definition) is 1. The molecule has 0 fully saturated rings. The van der Waals surface area contributed by atoms with Crippen molar-refractivity contribution in [3.05, 3.63) is 65.2 Å². The van der Waals surface area contributed by atoms with E-state index in [1.165, 1.54) is 23.1 Å². The van der Waals surface area contributed by atoms with Gasteiger partial charge in [0, 0.05) is 0 Å². The highest BCUT2D eigenvalue weighted by molar-refractivity contribution is 5.34. The normalized spacial score (nSPS) is 12.7. The zero-order chi connectivity index (χ0) is 14.2. The number of benzene rings is 2. The molecule has 20 heavy (non-hydrogen) atoms. The van der Waals surface area contributed by atoms with Crippen molar-refractivity contribution < 1.29 is 4.74 Å². The second-order valence-corrected chi connectivity index (χ2v) is 5.04. The third-order valence-corrected chi connectivity index (χ3v) is 3.70. The predicted octanol–water partition coefficient (Wildman–Crippen LogP) is 4.82. The molecule has 0 atom stereocenters. The van der Waals surface area contributed by atoms with Crippen LogP contribution in [0.3, 0.4) is 0 Å². The van der Waals surface area contributed by atoms with Gasteiger partial charge in [0.25, 0.3) is 0 Å². The first-order valence-corrected chi connectivity index (χ1v) is 7.62. The second kappa shape index (κ2) is 7.74. The highest BCUT2D eigenvalue weighted by Gasteiger charge is 2.06. The summed E-state index contributed by atoms with van der Waals surface area (Å²) in [6.45, 7) is 5.29. The number of fused-ring (bicyclic) bond motifs is 1. The highest BCUT2D eigenvalue weighted by atomic mass is 16.5. The van der Waals surface area contributed by atoms with Gasteiger partial charge >= 0.3 is 0 Å². The molecule has 0 aliphatic carbocycles. The van der Waals surface area contributed by atoms with E-state index in [1.54, 1.807) is 0 Å². The van der Waals surface area contributed by atoms with Gasteiger partial charge in [-0.3, -0.25) is 0 Å². The smallest absolute Gasteiger partial charge is 0.122 e. The summed E-state index contributed by atoms with van der Waals surface area (Å²) in [5.41, 5.74) is 4.34. The van der Waals surface area contributed by atoms with Crippen LogP contribution in [0.4, 0.5) is 0 Å². The Kier molecular flexibility index (Phi) is 5.67. The first-order chi connectivity index (χ1) is 9.85. The van der Waals surface area contributed by atoms with Crippen LogP contribution in [-0.4, -0.2) is 6.61 Å². The van der Waals surface area contributed by atoms with Crippen molar-refractivity contribution in [2.75, 3.05) is 6.61 Å². The molecular weight excluding hydrogens is 244 g/mol. The number of aryl methyl sites for hydroxylation is 3. The van der Waals surface area contributed by atoms with Gasteiger partial charge in [0.1, 0.15) is 5.75 Å². The maximum absolute atomic E-state index is 5.42. The molecule has 0 amide bonds. The number of hydrogen-bond donors (Lipinski definition) is 0. The second-order valence-electron chi connectivity index (χ2n) is 5.04. The van der Waals surface area contributed by atoms with E-state index in [9.17, 15) is 0 Å². The van der Waals surface area contributed by atoms with E-state index in [2.05, 4.69) is 50.2 Å². The molecule has 1 heteroatoms. The number of rotatable bonds is 2. The zero-order valence-corrected chi connectivity index (χ0v) is 12.6. The Morgan fingerprint density at radius 1 is 0.850 bits per heavy atom. The Balaban J connectivity index is 0.000000147. The molecular formula is C19H24O. The van der Waals surface area contributed by atoms with E-state index >= 15 is 0 Å². The molecule has 2 aromatic carbocycles. The molecule has 1 nitrogen and oxygen atoms in total. The van der Waals surface area contributed by atoms with Crippen LogP contribution in [0.25, 0.3) is 0 Å². The van der Waals surface area contributed by atoms with Crippen LogP contribution in [-0.2, 0) is 19.3 Å².